The predicted molar refractivity (Wildman–Crippen MR) is 137 cm³/mol. The van der Waals surface area contributed by atoms with Gasteiger partial charge in [-0.1, -0.05) is 0 Å². The molecule has 5 aromatic rings. The average molecular weight is 547 g/mol. The van der Waals surface area contributed by atoms with Crippen LogP contribution in [0.1, 0.15) is 26.9 Å². The number of hydrogen-bond acceptors (Lipinski definition) is 10. The van der Waals surface area contributed by atoms with Crippen LogP contribution in [-0.2, 0) is 4.74 Å². The Labute approximate surface area is 222 Å². The summed E-state index contributed by atoms with van der Waals surface area (Å²) < 4.78 is 18.7. The Kier molecular flexibility index (Phi) is 4.60. The van der Waals surface area contributed by atoms with E-state index in [2.05, 4.69) is 10.3 Å². The van der Waals surface area contributed by atoms with Gasteiger partial charge in [-0.2, -0.15) is 0 Å². The topological polar surface area (TPSA) is 196 Å². The van der Waals surface area contributed by atoms with E-state index < -0.39 is 49.1 Å². The molecule has 0 radical (unpaired) electrons. The van der Waals surface area contributed by atoms with Gasteiger partial charge in [0.2, 0.25) is 6.79 Å². The van der Waals surface area contributed by atoms with Gasteiger partial charge in [-0.05, 0) is 24.3 Å². The Hall–Kier alpha value is -4.40. The number of phenols is 1. The van der Waals surface area contributed by atoms with Gasteiger partial charge in [-0.25, -0.2) is 0 Å². The second-order valence-corrected chi connectivity index (χ2v) is 10.2. The highest BCUT2D eigenvalue weighted by Crippen LogP contribution is 2.49. The molecular formula is C27H21N3O10. The van der Waals surface area contributed by atoms with E-state index in [9.17, 15) is 35.1 Å². The van der Waals surface area contributed by atoms with E-state index in [0.29, 0.717) is 55.1 Å². The Morgan fingerprint density at radius 2 is 1.62 bits per heavy atom. The highest BCUT2D eigenvalue weighted by atomic mass is 16.7. The van der Waals surface area contributed by atoms with Crippen LogP contribution < -0.4 is 14.8 Å². The van der Waals surface area contributed by atoms with Crippen LogP contribution in [0.4, 0.5) is 0 Å². The minimum absolute atomic E-state index is 0.0350. The zero-order valence-corrected chi connectivity index (χ0v) is 20.4. The van der Waals surface area contributed by atoms with Crippen LogP contribution in [0, 0.1) is 0 Å². The predicted octanol–water partition coefficient (Wildman–Crippen LogP) is 0.719. The van der Waals surface area contributed by atoms with Crippen molar-refractivity contribution in [3.63, 3.8) is 0 Å². The van der Waals surface area contributed by atoms with Gasteiger partial charge in [-0.3, -0.25) is 14.9 Å². The second-order valence-electron chi connectivity index (χ2n) is 10.2. The number of aliphatic hydroxyl groups is 4. The molecule has 1 unspecified atom stereocenters. The van der Waals surface area contributed by atoms with E-state index in [-0.39, 0.29) is 23.7 Å². The van der Waals surface area contributed by atoms with Crippen molar-refractivity contribution in [1.29, 1.82) is 0 Å². The number of carbonyl (C=O) groups is 2. The Morgan fingerprint density at radius 1 is 0.900 bits per heavy atom. The van der Waals surface area contributed by atoms with Crippen molar-refractivity contribution >= 4 is 55.4 Å². The SMILES string of the molecule is O=C1NC(=O)c2c1c1c3cc(O)ccc3[nH]c1c1c2c2cc3c(cc2n1C1O[C@H](CO)[C@@H](O)[C@H](O)[C@H]1O)OCO3. The van der Waals surface area contributed by atoms with E-state index in [4.69, 9.17) is 14.2 Å². The van der Waals surface area contributed by atoms with Gasteiger partial charge in [0.25, 0.3) is 11.8 Å². The summed E-state index contributed by atoms with van der Waals surface area (Å²) in [7, 11) is 0. The number of aromatic hydroxyl groups is 1. The summed E-state index contributed by atoms with van der Waals surface area (Å²) in [5.41, 5.74) is 1.92. The molecule has 0 saturated carbocycles. The molecule has 2 amide bonds. The quantitative estimate of drug-likeness (QED) is 0.155. The third-order valence-corrected chi connectivity index (χ3v) is 8.07. The lowest BCUT2D eigenvalue weighted by Crippen LogP contribution is -2.56. The zero-order valence-electron chi connectivity index (χ0n) is 20.4. The highest BCUT2D eigenvalue weighted by Gasteiger charge is 2.46. The Balaban J connectivity index is 1.60. The third-order valence-electron chi connectivity index (χ3n) is 8.07. The molecular weight excluding hydrogens is 526 g/mol. The molecule has 0 aliphatic carbocycles. The van der Waals surface area contributed by atoms with Crippen LogP contribution in [-0.4, -0.2) is 84.7 Å². The number of nitrogens with one attached hydrogen (secondary N) is 2. The van der Waals surface area contributed by atoms with Crippen molar-refractivity contribution < 1.29 is 49.3 Å². The number of fused-ring (bicyclic) bond motifs is 11. The van der Waals surface area contributed by atoms with E-state index in [1.54, 1.807) is 22.8 Å². The second kappa shape index (κ2) is 7.84. The van der Waals surface area contributed by atoms with Crippen molar-refractivity contribution in [3.8, 4) is 17.2 Å². The van der Waals surface area contributed by atoms with E-state index in [1.807, 2.05) is 0 Å². The molecule has 40 heavy (non-hydrogen) atoms. The number of ether oxygens (including phenoxy) is 3. The first-order chi connectivity index (χ1) is 19.3. The van der Waals surface area contributed by atoms with Crippen LogP contribution in [0.2, 0.25) is 0 Å². The summed E-state index contributed by atoms with van der Waals surface area (Å²) in [5, 5.41) is 56.5. The van der Waals surface area contributed by atoms with Gasteiger partial charge in [-0.15, -0.1) is 0 Å². The van der Waals surface area contributed by atoms with E-state index in [1.165, 1.54) is 12.1 Å². The first-order valence-corrected chi connectivity index (χ1v) is 12.5. The van der Waals surface area contributed by atoms with Crippen LogP contribution >= 0.6 is 0 Å². The van der Waals surface area contributed by atoms with Crippen molar-refractivity contribution in [2.45, 2.75) is 30.6 Å². The summed E-state index contributed by atoms with van der Waals surface area (Å²) in [5.74, 6) is -0.499. The number of aliphatic hydroxyl groups excluding tert-OH is 4. The molecule has 0 bridgehead atoms. The standard InChI is InChI=1S/C27H21N3O10/c31-6-15-22(33)23(34)24(35)27(40-15)30-12-5-14-13(38-7-39-14)4-10(12)17-19-18(25(36)29-26(19)37)16-9-3-8(32)1-2-11(9)28-20(16)21(17)30/h1-5,15,22-24,27-28,31-35H,6-7H2,(H,29,36,37)/t15-,22-,23+,24-,27?/m1/s1. The molecule has 3 aliphatic heterocycles. The fourth-order valence-corrected chi connectivity index (χ4v) is 6.31. The van der Waals surface area contributed by atoms with Gasteiger partial charge in [0.05, 0.1) is 34.3 Å². The van der Waals surface area contributed by atoms with Gasteiger partial charge >= 0.3 is 0 Å². The summed E-state index contributed by atoms with van der Waals surface area (Å²) in [6.45, 7) is -0.676. The first kappa shape index (κ1) is 23.5. The first-order valence-electron chi connectivity index (χ1n) is 12.5. The fourth-order valence-electron chi connectivity index (χ4n) is 6.31. The summed E-state index contributed by atoms with van der Waals surface area (Å²) in [6.07, 6.45) is -7.48. The van der Waals surface area contributed by atoms with Crippen molar-refractivity contribution in [2.24, 2.45) is 0 Å². The summed E-state index contributed by atoms with van der Waals surface area (Å²) >= 11 is 0. The third kappa shape index (κ3) is 2.82. The summed E-state index contributed by atoms with van der Waals surface area (Å²) in [4.78, 5) is 29.8. The smallest absolute Gasteiger partial charge is 0.259 e. The van der Waals surface area contributed by atoms with Crippen LogP contribution in [0.15, 0.2) is 30.3 Å². The number of rotatable bonds is 2. The number of carbonyl (C=O) groups excluding carboxylic acids is 2. The van der Waals surface area contributed by atoms with E-state index in [0.717, 1.165) is 0 Å². The molecule has 5 heterocycles. The number of hydrogen-bond donors (Lipinski definition) is 7. The molecule has 13 heteroatoms. The molecule has 1 saturated heterocycles. The average Bonchev–Trinajstić information content (AvgIpc) is 3.68. The van der Waals surface area contributed by atoms with Crippen LogP contribution in [0.3, 0.4) is 0 Å². The minimum Gasteiger partial charge on any atom is -0.508 e. The molecule has 1 fully saturated rings. The lowest BCUT2D eigenvalue weighted by Gasteiger charge is -2.41. The van der Waals surface area contributed by atoms with Crippen LogP contribution in [0.25, 0.3) is 43.6 Å². The maximum Gasteiger partial charge on any atom is 0.259 e. The molecule has 204 valence electrons. The van der Waals surface area contributed by atoms with Gasteiger partial charge in [0.1, 0.15) is 30.2 Å². The number of aromatic nitrogens is 2. The molecule has 0 spiro atoms. The highest BCUT2D eigenvalue weighted by molar-refractivity contribution is 6.39. The molecule has 3 aromatic carbocycles. The zero-order chi connectivity index (χ0) is 27.6. The number of aromatic amines is 1. The lowest BCUT2D eigenvalue weighted by atomic mass is 9.96. The Bertz CT molecular complexity index is 1960. The number of amides is 2. The summed E-state index contributed by atoms with van der Waals surface area (Å²) in [6, 6.07) is 7.90. The fraction of sp³-hybridized carbons (Fsp3) is 0.259. The number of benzene rings is 3. The van der Waals surface area contributed by atoms with Crippen molar-refractivity contribution in [2.75, 3.05) is 13.4 Å². The van der Waals surface area contributed by atoms with E-state index >= 15 is 0 Å². The monoisotopic (exact) mass is 547 g/mol. The molecule has 2 aromatic heterocycles. The maximum absolute atomic E-state index is 13.3. The largest absolute Gasteiger partial charge is 0.508 e. The van der Waals surface area contributed by atoms with Gasteiger partial charge in [0, 0.05) is 33.1 Å². The molecule has 8 rings (SSSR count). The molecule has 13 nitrogen and oxygen atoms in total. The van der Waals surface area contributed by atoms with Crippen molar-refractivity contribution in [3.05, 3.63) is 41.5 Å². The molecule has 7 N–H and O–H groups in total. The van der Waals surface area contributed by atoms with Gasteiger partial charge < -0.3 is 49.3 Å². The van der Waals surface area contributed by atoms with Gasteiger partial charge in [0.15, 0.2) is 17.7 Å². The minimum atomic E-state index is -1.67. The normalized spacial score (nSPS) is 25.9. The number of H-pyrrole nitrogens is 1. The number of phenolic OH excluding ortho intramolecular Hbond substituents is 1. The Morgan fingerprint density at radius 3 is 2.38 bits per heavy atom. The maximum atomic E-state index is 13.3. The number of imide groups is 1. The van der Waals surface area contributed by atoms with Crippen LogP contribution in [0.5, 0.6) is 17.2 Å². The molecule has 5 atom stereocenters. The molecule has 3 aliphatic rings. The van der Waals surface area contributed by atoms with Crippen molar-refractivity contribution in [1.82, 2.24) is 14.9 Å². The number of nitrogens with zero attached hydrogens (tertiary/aromatic N) is 1. The lowest BCUT2D eigenvalue weighted by molar-refractivity contribution is -0.249.